The van der Waals surface area contributed by atoms with Gasteiger partial charge in [0.25, 0.3) is 0 Å². The first-order valence-corrected chi connectivity index (χ1v) is 11.8. The summed E-state index contributed by atoms with van der Waals surface area (Å²) < 4.78 is 41.3. The highest BCUT2D eigenvalue weighted by atomic mass is 32.2. The number of aliphatic imine (C=N–C) groups is 1. The van der Waals surface area contributed by atoms with Crippen LogP contribution in [0.4, 0.5) is 18.3 Å². The summed E-state index contributed by atoms with van der Waals surface area (Å²) in [6.07, 6.45) is 1.05. The van der Waals surface area contributed by atoms with E-state index >= 15 is 0 Å². The lowest BCUT2D eigenvalue weighted by molar-refractivity contribution is 0.524. The Morgan fingerprint density at radius 2 is 1.94 bits per heavy atom. The van der Waals surface area contributed by atoms with Crippen molar-refractivity contribution in [1.82, 2.24) is 10.2 Å². The molecule has 3 aromatic rings. The van der Waals surface area contributed by atoms with Crippen LogP contribution < -0.4 is 10.7 Å². The molecule has 2 N–H and O–H groups in total. The van der Waals surface area contributed by atoms with Gasteiger partial charge in [0, 0.05) is 12.1 Å². The Morgan fingerprint density at radius 3 is 2.64 bits per heavy atom. The molecular formula is C22H21F3N6S2. The van der Waals surface area contributed by atoms with Crippen LogP contribution in [0.5, 0.6) is 0 Å². The van der Waals surface area contributed by atoms with Crippen LogP contribution in [0, 0.1) is 18.6 Å². The number of benzene rings is 2. The van der Waals surface area contributed by atoms with Crippen molar-refractivity contribution in [2.45, 2.75) is 24.6 Å². The van der Waals surface area contributed by atoms with E-state index < -0.39 is 23.2 Å². The Balaban J connectivity index is 1.79. The summed E-state index contributed by atoms with van der Waals surface area (Å²) in [5.41, 5.74) is 6.48. The summed E-state index contributed by atoms with van der Waals surface area (Å²) in [6, 6.07) is 12.9. The van der Waals surface area contributed by atoms with Crippen molar-refractivity contribution in [3.8, 4) is 0 Å². The molecule has 0 fully saturated rings. The smallest absolute Gasteiger partial charge is 0.230 e. The van der Waals surface area contributed by atoms with E-state index in [1.54, 1.807) is 5.01 Å². The van der Waals surface area contributed by atoms with Gasteiger partial charge in [-0.25, -0.2) is 18.2 Å². The van der Waals surface area contributed by atoms with E-state index in [9.17, 15) is 13.2 Å². The molecule has 2 aromatic carbocycles. The molecule has 1 aliphatic heterocycles. The van der Waals surface area contributed by atoms with Gasteiger partial charge in [0.1, 0.15) is 39.1 Å². The van der Waals surface area contributed by atoms with Crippen LogP contribution in [-0.2, 0) is 4.87 Å². The number of halogens is 3. The maximum Gasteiger partial charge on any atom is 0.230 e. The molecule has 172 valence electrons. The van der Waals surface area contributed by atoms with Gasteiger partial charge in [-0.3, -0.25) is 4.99 Å². The van der Waals surface area contributed by atoms with Crippen LogP contribution in [0.2, 0.25) is 0 Å². The number of hydrazone groups is 1. The number of amidine groups is 1. The van der Waals surface area contributed by atoms with E-state index in [0.29, 0.717) is 29.6 Å². The van der Waals surface area contributed by atoms with Crippen molar-refractivity contribution in [2.75, 3.05) is 18.2 Å². The Hall–Kier alpha value is -2.92. The van der Waals surface area contributed by atoms with Crippen LogP contribution in [0.25, 0.3) is 0 Å². The van der Waals surface area contributed by atoms with E-state index in [1.165, 1.54) is 23.1 Å². The molecule has 0 amide bonds. The van der Waals surface area contributed by atoms with E-state index in [2.05, 4.69) is 15.2 Å². The van der Waals surface area contributed by atoms with Gasteiger partial charge < -0.3 is 5.73 Å². The lowest BCUT2D eigenvalue weighted by atomic mass is 10.0. The van der Waals surface area contributed by atoms with Gasteiger partial charge in [-0.15, -0.1) is 10.2 Å². The molecule has 1 aromatic heterocycles. The zero-order valence-corrected chi connectivity index (χ0v) is 19.3. The van der Waals surface area contributed by atoms with E-state index in [0.717, 1.165) is 28.8 Å². The zero-order chi connectivity index (χ0) is 23.4. The lowest BCUT2D eigenvalue weighted by Crippen LogP contribution is -2.37. The third kappa shape index (κ3) is 4.88. The Morgan fingerprint density at radius 1 is 1.15 bits per heavy atom. The first-order chi connectivity index (χ1) is 15.9. The van der Waals surface area contributed by atoms with Crippen molar-refractivity contribution >= 4 is 39.1 Å². The van der Waals surface area contributed by atoms with Crippen molar-refractivity contribution in [3.05, 3.63) is 76.3 Å². The van der Waals surface area contributed by atoms with Gasteiger partial charge in [-0.2, -0.15) is 5.10 Å². The second-order valence-corrected chi connectivity index (χ2v) is 9.73. The van der Waals surface area contributed by atoms with Crippen LogP contribution in [0.3, 0.4) is 0 Å². The molecule has 0 aliphatic carbocycles. The van der Waals surface area contributed by atoms with Crippen molar-refractivity contribution < 1.29 is 13.2 Å². The largest absolute Gasteiger partial charge is 0.385 e. The molecule has 1 atom stereocenters. The van der Waals surface area contributed by atoms with Gasteiger partial charge in [0.2, 0.25) is 5.13 Å². The number of aryl methyl sites for hydroxylation is 1. The predicted molar refractivity (Wildman–Crippen MR) is 127 cm³/mol. The molecule has 2 heterocycles. The molecule has 0 bridgehead atoms. The minimum absolute atomic E-state index is 0.0572. The number of alkyl halides is 1. The lowest BCUT2D eigenvalue weighted by Gasteiger charge is -2.35. The fourth-order valence-electron chi connectivity index (χ4n) is 3.50. The highest BCUT2D eigenvalue weighted by molar-refractivity contribution is 8.15. The van der Waals surface area contributed by atoms with E-state index in [1.807, 2.05) is 37.3 Å². The van der Waals surface area contributed by atoms with Gasteiger partial charge in [0.05, 0.1) is 0 Å². The molecule has 33 heavy (non-hydrogen) atoms. The number of hydrogen-bond donors (Lipinski definition) is 1. The Kier molecular flexibility index (Phi) is 6.99. The molecule has 0 saturated carbocycles. The molecule has 0 spiro atoms. The van der Waals surface area contributed by atoms with E-state index in [4.69, 9.17) is 10.8 Å². The predicted octanol–water partition coefficient (Wildman–Crippen LogP) is 5.00. The molecule has 0 radical (unpaired) electrons. The van der Waals surface area contributed by atoms with Crippen molar-refractivity contribution in [3.63, 3.8) is 0 Å². The standard InChI is InChI=1S/C22H21F3N6S2/c1-14-28-29-21(32-14)31-22(15-6-3-2-4-7-15,10-5-11-27-19(26)13-23)33-20(30-31)17-12-16(24)8-9-18(17)25/h2-4,6-9,12H,5,10-11,13H2,1H3,(H2,26,27). The maximum atomic E-state index is 14.7. The first-order valence-electron chi connectivity index (χ1n) is 10.2. The molecule has 1 unspecified atom stereocenters. The summed E-state index contributed by atoms with van der Waals surface area (Å²) in [5, 5.41) is 16.4. The zero-order valence-electron chi connectivity index (χ0n) is 17.7. The van der Waals surface area contributed by atoms with Gasteiger partial charge in [0.15, 0.2) is 0 Å². The highest BCUT2D eigenvalue weighted by Gasteiger charge is 2.47. The topological polar surface area (TPSA) is 79.8 Å². The van der Waals surface area contributed by atoms with Crippen LogP contribution >= 0.6 is 23.1 Å². The number of thioether (sulfide) groups is 1. The number of hydrogen-bond acceptors (Lipinski definition) is 7. The average Bonchev–Trinajstić information content (AvgIpc) is 3.43. The second kappa shape index (κ2) is 9.92. The summed E-state index contributed by atoms with van der Waals surface area (Å²) in [7, 11) is 0. The quantitative estimate of drug-likeness (QED) is 0.273. The van der Waals surface area contributed by atoms with Gasteiger partial charge >= 0.3 is 0 Å². The molecule has 11 heteroatoms. The number of nitrogens with zero attached hydrogens (tertiary/aromatic N) is 5. The van der Waals surface area contributed by atoms with Gasteiger partial charge in [-0.05, 0) is 43.5 Å². The normalized spacial score (nSPS) is 18.6. The fourth-order valence-corrected chi connectivity index (χ4v) is 5.69. The highest BCUT2D eigenvalue weighted by Crippen LogP contribution is 2.52. The molecular weight excluding hydrogens is 469 g/mol. The van der Waals surface area contributed by atoms with Crippen molar-refractivity contribution in [2.24, 2.45) is 15.8 Å². The number of nitrogens with two attached hydrogens (primary N) is 1. The number of anilines is 1. The van der Waals surface area contributed by atoms with Crippen LogP contribution in [0.15, 0.2) is 58.6 Å². The summed E-state index contributed by atoms with van der Waals surface area (Å²) in [5.74, 6) is -1.18. The second-order valence-electron chi connectivity index (χ2n) is 7.31. The summed E-state index contributed by atoms with van der Waals surface area (Å²) in [4.78, 5) is 3.23. The molecule has 1 aliphatic rings. The van der Waals surface area contributed by atoms with Crippen LogP contribution in [0.1, 0.15) is 29.0 Å². The maximum absolute atomic E-state index is 14.7. The average molecular weight is 491 g/mol. The first kappa shape index (κ1) is 23.2. The summed E-state index contributed by atoms with van der Waals surface area (Å²) in [6.45, 7) is 1.35. The fraction of sp³-hybridized carbons (Fsp3) is 0.273. The third-order valence-corrected chi connectivity index (χ3v) is 7.26. The third-order valence-electron chi connectivity index (χ3n) is 5.00. The minimum atomic E-state index is -0.818. The Bertz CT molecular complexity index is 1180. The molecule has 0 saturated heterocycles. The van der Waals surface area contributed by atoms with Crippen LogP contribution in [-0.4, -0.2) is 34.3 Å². The Labute approximate surface area is 197 Å². The summed E-state index contributed by atoms with van der Waals surface area (Å²) >= 11 is 2.67. The van der Waals surface area contributed by atoms with Gasteiger partial charge in [-0.1, -0.05) is 53.4 Å². The monoisotopic (exact) mass is 490 g/mol. The van der Waals surface area contributed by atoms with Crippen molar-refractivity contribution in [1.29, 1.82) is 0 Å². The van der Waals surface area contributed by atoms with E-state index in [-0.39, 0.29) is 11.4 Å². The SMILES string of the molecule is Cc1nnc(N2N=C(c3cc(F)ccc3F)SC2(CCCN=C(N)CF)c2ccccc2)s1. The number of rotatable bonds is 8. The molecule has 4 rings (SSSR count). The molecule has 6 nitrogen and oxygen atoms in total. The number of aromatic nitrogens is 2. The minimum Gasteiger partial charge on any atom is -0.385 e.